The van der Waals surface area contributed by atoms with Crippen LogP contribution in [0.2, 0.25) is 0 Å². The minimum absolute atomic E-state index is 0.469. The van der Waals surface area contributed by atoms with Crippen LogP contribution in [0.5, 0.6) is 0 Å². The van der Waals surface area contributed by atoms with Gasteiger partial charge in [-0.1, -0.05) is 6.42 Å². The summed E-state index contributed by atoms with van der Waals surface area (Å²) in [6, 6.07) is 0.469. The summed E-state index contributed by atoms with van der Waals surface area (Å²) in [5, 5.41) is 0. The molecule has 3 unspecified atom stereocenters. The van der Waals surface area contributed by atoms with Gasteiger partial charge < -0.3 is 10.5 Å². The fraction of sp³-hybridized carbons (Fsp3) is 1.00. The molecule has 3 atom stereocenters. The highest BCUT2D eigenvalue weighted by Gasteiger charge is 2.32. The van der Waals surface area contributed by atoms with Gasteiger partial charge in [-0.3, -0.25) is 0 Å². The van der Waals surface area contributed by atoms with Gasteiger partial charge in [-0.25, -0.2) is 0 Å². The summed E-state index contributed by atoms with van der Waals surface area (Å²) >= 11 is 0. The van der Waals surface area contributed by atoms with E-state index in [1.165, 1.54) is 32.1 Å². The Morgan fingerprint density at radius 1 is 1.08 bits per heavy atom. The molecule has 0 aromatic rings. The van der Waals surface area contributed by atoms with Crippen molar-refractivity contribution in [3.05, 3.63) is 0 Å². The summed E-state index contributed by atoms with van der Waals surface area (Å²) in [5.74, 6) is 1.54. The fourth-order valence-electron chi connectivity index (χ4n) is 2.71. The molecule has 1 saturated heterocycles. The van der Waals surface area contributed by atoms with Gasteiger partial charge in [-0.2, -0.15) is 0 Å². The average molecular weight is 169 g/mol. The number of ether oxygens (including phenoxy) is 1. The first kappa shape index (κ1) is 8.52. The van der Waals surface area contributed by atoms with Crippen LogP contribution in [0.15, 0.2) is 0 Å². The van der Waals surface area contributed by atoms with Crippen molar-refractivity contribution in [2.45, 2.75) is 38.1 Å². The van der Waals surface area contributed by atoms with Gasteiger partial charge in [0, 0.05) is 19.3 Å². The van der Waals surface area contributed by atoms with Gasteiger partial charge in [0.05, 0.1) is 0 Å². The molecule has 2 heteroatoms. The van der Waals surface area contributed by atoms with Gasteiger partial charge in [-0.05, 0) is 37.5 Å². The van der Waals surface area contributed by atoms with E-state index in [4.69, 9.17) is 10.5 Å². The topological polar surface area (TPSA) is 35.2 Å². The standard InChI is InChI=1S/C10H19NO/c11-10-5-1-4-9(10)8-3-2-6-12-7-8/h8-10H,1-7,11H2. The maximum atomic E-state index is 6.05. The molecule has 2 aliphatic rings. The molecule has 2 nitrogen and oxygen atoms in total. The average Bonchev–Trinajstić information content (AvgIpc) is 2.53. The van der Waals surface area contributed by atoms with E-state index in [0.717, 1.165) is 25.0 Å². The molecule has 0 aromatic carbocycles. The van der Waals surface area contributed by atoms with Gasteiger partial charge in [0.1, 0.15) is 0 Å². The minimum atomic E-state index is 0.469. The van der Waals surface area contributed by atoms with Gasteiger partial charge in [0.15, 0.2) is 0 Å². The molecule has 1 aliphatic carbocycles. The Morgan fingerprint density at radius 3 is 2.58 bits per heavy atom. The van der Waals surface area contributed by atoms with Crippen molar-refractivity contribution in [1.29, 1.82) is 0 Å². The summed E-state index contributed by atoms with van der Waals surface area (Å²) < 4.78 is 5.49. The Balaban J connectivity index is 1.89. The Morgan fingerprint density at radius 2 is 2.00 bits per heavy atom. The third-order valence-electron chi connectivity index (χ3n) is 3.43. The first-order chi connectivity index (χ1) is 5.88. The number of nitrogens with two attached hydrogens (primary N) is 1. The van der Waals surface area contributed by atoms with E-state index < -0.39 is 0 Å². The molecule has 70 valence electrons. The molecule has 2 fully saturated rings. The van der Waals surface area contributed by atoms with Crippen LogP contribution < -0.4 is 5.73 Å². The largest absolute Gasteiger partial charge is 0.381 e. The zero-order chi connectivity index (χ0) is 8.39. The van der Waals surface area contributed by atoms with Crippen LogP contribution in [0.4, 0.5) is 0 Å². The van der Waals surface area contributed by atoms with Gasteiger partial charge in [0.25, 0.3) is 0 Å². The molecule has 1 saturated carbocycles. The molecule has 12 heavy (non-hydrogen) atoms. The molecule has 0 aromatic heterocycles. The van der Waals surface area contributed by atoms with Crippen LogP contribution in [0.1, 0.15) is 32.1 Å². The van der Waals surface area contributed by atoms with Crippen molar-refractivity contribution in [2.75, 3.05) is 13.2 Å². The van der Waals surface area contributed by atoms with E-state index in [1.54, 1.807) is 0 Å². The molecule has 0 amide bonds. The molecule has 2 rings (SSSR count). The Kier molecular flexibility index (Phi) is 2.66. The second-order valence-corrected chi connectivity index (χ2v) is 4.24. The van der Waals surface area contributed by atoms with Crippen molar-refractivity contribution in [1.82, 2.24) is 0 Å². The van der Waals surface area contributed by atoms with E-state index in [0.29, 0.717) is 6.04 Å². The number of hydrogen-bond donors (Lipinski definition) is 1. The van der Waals surface area contributed by atoms with Crippen LogP contribution >= 0.6 is 0 Å². The second kappa shape index (κ2) is 3.75. The summed E-state index contributed by atoms with van der Waals surface area (Å²) in [5.41, 5.74) is 6.05. The van der Waals surface area contributed by atoms with E-state index in [2.05, 4.69) is 0 Å². The van der Waals surface area contributed by atoms with Crippen LogP contribution in [-0.2, 0) is 4.74 Å². The van der Waals surface area contributed by atoms with Crippen LogP contribution in [-0.4, -0.2) is 19.3 Å². The lowest BCUT2D eigenvalue weighted by atomic mass is 9.84. The first-order valence-electron chi connectivity index (χ1n) is 5.21. The lowest BCUT2D eigenvalue weighted by Gasteiger charge is -2.29. The zero-order valence-corrected chi connectivity index (χ0v) is 7.67. The molecule has 2 N–H and O–H groups in total. The SMILES string of the molecule is NC1CCCC1C1CCCOC1. The highest BCUT2D eigenvalue weighted by atomic mass is 16.5. The van der Waals surface area contributed by atoms with E-state index >= 15 is 0 Å². The van der Waals surface area contributed by atoms with Crippen LogP contribution in [0, 0.1) is 11.8 Å². The Bertz CT molecular complexity index is 143. The molecule has 0 bridgehead atoms. The monoisotopic (exact) mass is 169 g/mol. The summed E-state index contributed by atoms with van der Waals surface area (Å²) in [6.45, 7) is 1.94. The second-order valence-electron chi connectivity index (χ2n) is 4.24. The molecule has 1 heterocycles. The maximum Gasteiger partial charge on any atom is 0.0497 e. The molecular formula is C10H19NO. The van der Waals surface area contributed by atoms with Crippen molar-refractivity contribution < 1.29 is 4.74 Å². The third-order valence-corrected chi connectivity index (χ3v) is 3.43. The number of rotatable bonds is 1. The Labute approximate surface area is 74.5 Å². The quantitative estimate of drug-likeness (QED) is 0.646. The molecule has 0 spiro atoms. The predicted molar refractivity (Wildman–Crippen MR) is 48.9 cm³/mol. The Hall–Kier alpha value is -0.0800. The van der Waals surface area contributed by atoms with E-state index in [-0.39, 0.29) is 0 Å². The van der Waals surface area contributed by atoms with Crippen molar-refractivity contribution in [3.63, 3.8) is 0 Å². The summed E-state index contributed by atoms with van der Waals surface area (Å²) in [7, 11) is 0. The highest BCUT2D eigenvalue weighted by Crippen LogP contribution is 2.34. The van der Waals surface area contributed by atoms with Gasteiger partial charge in [-0.15, -0.1) is 0 Å². The van der Waals surface area contributed by atoms with Gasteiger partial charge in [0.2, 0.25) is 0 Å². The molecule has 0 radical (unpaired) electrons. The zero-order valence-electron chi connectivity index (χ0n) is 7.67. The summed E-state index contributed by atoms with van der Waals surface area (Å²) in [4.78, 5) is 0. The predicted octanol–water partition coefficient (Wildman–Crippen LogP) is 1.54. The first-order valence-corrected chi connectivity index (χ1v) is 5.21. The van der Waals surface area contributed by atoms with Gasteiger partial charge >= 0.3 is 0 Å². The maximum absolute atomic E-state index is 6.05. The third kappa shape index (κ3) is 1.64. The van der Waals surface area contributed by atoms with E-state index in [9.17, 15) is 0 Å². The summed E-state index contributed by atoms with van der Waals surface area (Å²) in [6.07, 6.45) is 6.50. The van der Waals surface area contributed by atoms with Crippen molar-refractivity contribution >= 4 is 0 Å². The normalized spacial score (nSPS) is 43.2. The molecular weight excluding hydrogens is 150 g/mol. The van der Waals surface area contributed by atoms with Crippen molar-refractivity contribution in [2.24, 2.45) is 17.6 Å². The number of hydrogen-bond acceptors (Lipinski definition) is 2. The van der Waals surface area contributed by atoms with Crippen LogP contribution in [0.3, 0.4) is 0 Å². The highest BCUT2D eigenvalue weighted by molar-refractivity contribution is 4.86. The fourth-order valence-corrected chi connectivity index (χ4v) is 2.71. The lowest BCUT2D eigenvalue weighted by molar-refractivity contribution is 0.0288. The minimum Gasteiger partial charge on any atom is -0.381 e. The smallest absolute Gasteiger partial charge is 0.0497 e. The molecule has 1 aliphatic heterocycles. The lowest BCUT2D eigenvalue weighted by Crippen LogP contribution is -2.34. The van der Waals surface area contributed by atoms with Crippen molar-refractivity contribution in [3.8, 4) is 0 Å². The van der Waals surface area contributed by atoms with Crippen LogP contribution in [0.25, 0.3) is 0 Å². The van der Waals surface area contributed by atoms with E-state index in [1.807, 2.05) is 0 Å².